The van der Waals surface area contributed by atoms with Crippen molar-refractivity contribution in [2.75, 3.05) is 5.32 Å². The molecule has 0 radical (unpaired) electrons. The van der Waals surface area contributed by atoms with Crippen LogP contribution in [0.5, 0.6) is 0 Å². The standard InChI is InChI=1S/C15H12N4O/c1-9(20)17-14-7-11-6-10-4-2-3-5-12(10)13(11)8-15(14)18-19-16/h2-5,7-8H,6H2,1H3,(H,17,20). The van der Waals surface area contributed by atoms with Crippen LogP contribution in [0, 0.1) is 0 Å². The van der Waals surface area contributed by atoms with Crippen LogP contribution in [0.4, 0.5) is 11.4 Å². The number of fused-ring (bicyclic) bond motifs is 3. The van der Waals surface area contributed by atoms with Crippen LogP contribution >= 0.6 is 0 Å². The summed E-state index contributed by atoms with van der Waals surface area (Å²) >= 11 is 0. The van der Waals surface area contributed by atoms with Gasteiger partial charge in [-0.15, -0.1) is 0 Å². The van der Waals surface area contributed by atoms with E-state index in [1.165, 1.54) is 12.5 Å². The number of carbonyl (C=O) groups excluding carboxylic acids is 1. The summed E-state index contributed by atoms with van der Waals surface area (Å²) in [6.45, 7) is 1.43. The van der Waals surface area contributed by atoms with Crippen molar-refractivity contribution in [1.82, 2.24) is 0 Å². The summed E-state index contributed by atoms with van der Waals surface area (Å²) in [5.74, 6) is -0.185. The Hall–Kier alpha value is -2.78. The number of azide groups is 1. The van der Waals surface area contributed by atoms with Crippen LogP contribution in [-0.4, -0.2) is 5.91 Å². The van der Waals surface area contributed by atoms with Crippen molar-refractivity contribution in [3.8, 4) is 11.1 Å². The first-order chi connectivity index (χ1) is 9.69. The normalized spacial score (nSPS) is 11.2. The van der Waals surface area contributed by atoms with Gasteiger partial charge in [0, 0.05) is 11.8 Å². The molecule has 20 heavy (non-hydrogen) atoms. The highest BCUT2D eigenvalue weighted by Gasteiger charge is 2.20. The van der Waals surface area contributed by atoms with Gasteiger partial charge in [0.25, 0.3) is 0 Å². The molecule has 0 atom stereocenters. The molecule has 1 aliphatic carbocycles. The van der Waals surface area contributed by atoms with E-state index in [1.807, 2.05) is 24.3 Å². The molecular formula is C15H12N4O. The molecule has 0 aliphatic heterocycles. The monoisotopic (exact) mass is 264 g/mol. The van der Waals surface area contributed by atoms with Crippen LogP contribution in [0.15, 0.2) is 41.5 Å². The van der Waals surface area contributed by atoms with E-state index in [2.05, 4.69) is 27.5 Å². The fourth-order valence-electron chi connectivity index (χ4n) is 2.59. The number of nitrogens with one attached hydrogen (secondary N) is 1. The fraction of sp³-hybridized carbons (Fsp3) is 0.133. The summed E-state index contributed by atoms with van der Waals surface area (Å²) in [5.41, 5.74) is 14.3. The minimum Gasteiger partial charge on any atom is -0.326 e. The summed E-state index contributed by atoms with van der Waals surface area (Å²) in [7, 11) is 0. The van der Waals surface area contributed by atoms with Crippen LogP contribution < -0.4 is 5.32 Å². The average molecular weight is 264 g/mol. The molecule has 0 fully saturated rings. The van der Waals surface area contributed by atoms with Crippen molar-refractivity contribution in [2.45, 2.75) is 13.3 Å². The number of nitrogens with zero attached hydrogens (tertiary/aromatic N) is 3. The lowest BCUT2D eigenvalue weighted by molar-refractivity contribution is -0.114. The van der Waals surface area contributed by atoms with Gasteiger partial charge in [-0.3, -0.25) is 4.79 Å². The zero-order valence-corrected chi connectivity index (χ0v) is 10.9. The second kappa shape index (κ2) is 4.72. The molecular weight excluding hydrogens is 252 g/mol. The zero-order chi connectivity index (χ0) is 14.1. The van der Waals surface area contributed by atoms with Gasteiger partial charge in [-0.05, 0) is 46.3 Å². The van der Waals surface area contributed by atoms with Crippen LogP contribution in [0.2, 0.25) is 0 Å². The molecule has 5 heteroatoms. The van der Waals surface area contributed by atoms with E-state index in [9.17, 15) is 4.79 Å². The zero-order valence-electron chi connectivity index (χ0n) is 10.9. The SMILES string of the molecule is CC(=O)Nc1cc2c(cc1N=[N+]=[N-])-c1ccccc1C2. The molecule has 3 rings (SSSR count). The van der Waals surface area contributed by atoms with E-state index in [1.54, 1.807) is 0 Å². The number of hydrogen-bond donors (Lipinski definition) is 1. The van der Waals surface area contributed by atoms with Gasteiger partial charge in [0.2, 0.25) is 5.91 Å². The van der Waals surface area contributed by atoms with E-state index in [0.717, 1.165) is 23.1 Å². The third kappa shape index (κ3) is 2.00. The summed E-state index contributed by atoms with van der Waals surface area (Å²) < 4.78 is 0. The van der Waals surface area contributed by atoms with Crippen molar-refractivity contribution >= 4 is 17.3 Å². The van der Waals surface area contributed by atoms with Crippen molar-refractivity contribution in [3.05, 3.63) is 58.0 Å². The largest absolute Gasteiger partial charge is 0.326 e. The molecule has 0 bridgehead atoms. The number of hydrogen-bond acceptors (Lipinski definition) is 2. The van der Waals surface area contributed by atoms with Gasteiger partial charge in [0.15, 0.2) is 0 Å². The van der Waals surface area contributed by atoms with E-state index in [-0.39, 0.29) is 5.91 Å². The molecule has 0 saturated heterocycles. The van der Waals surface area contributed by atoms with Gasteiger partial charge in [-0.2, -0.15) is 0 Å². The maximum absolute atomic E-state index is 11.2. The van der Waals surface area contributed by atoms with E-state index >= 15 is 0 Å². The predicted molar refractivity (Wildman–Crippen MR) is 77.8 cm³/mol. The van der Waals surface area contributed by atoms with Crippen LogP contribution in [0.3, 0.4) is 0 Å². The van der Waals surface area contributed by atoms with E-state index in [4.69, 9.17) is 5.53 Å². The molecule has 0 spiro atoms. The van der Waals surface area contributed by atoms with Crippen molar-refractivity contribution in [2.24, 2.45) is 5.11 Å². The van der Waals surface area contributed by atoms with Gasteiger partial charge in [0.05, 0.1) is 11.4 Å². The Morgan fingerprint density at radius 1 is 1.25 bits per heavy atom. The molecule has 1 N–H and O–H groups in total. The Bertz CT molecular complexity index is 760. The van der Waals surface area contributed by atoms with Gasteiger partial charge in [0.1, 0.15) is 0 Å². The van der Waals surface area contributed by atoms with Gasteiger partial charge >= 0.3 is 0 Å². The second-order valence-electron chi connectivity index (χ2n) is 4.73. The predicted octanol–water partition coefficient (Wildman–Crippen LogP) is 4.16. The van der Waals surface area contributed by atoms with Gasteiger partial charge in [-0.25, -0.2) is 0 Å². The van der Waals surface area contributed by atoms with Gasteiger partial charge in [-0.1, -0.05) is 29.4 Å². The smallest absolute Gasteiger partial charge is 0.221 e. The molecule has 0 unspecified atom stereocenters. The molecule has 5 nitrogen and oxygen atoms in total. The Morgan fingerprint density at radius 3 is 2.80 bits per heavy atom. The average Bonchev–Trinajstić information content (AvgIpc) is 2.76. The topological polar surface area (TPSA) is 77.9 Å². The molecule has 2 aromatic carbocycles. The molecule has 0 saturated carbocycles. The quantitative estimate of drug-likeness (QED) is 0.421. The van der Waals surface area contributed by atoms with Crippen LogP contribution in [0.1, 0.15) is 18.1 Å². The molecule has 1 amide bonds. The van der Waals surface area contributed by atoms with Crippen LogP contribution in [0.25, 0.3) is 21.6 Å². The maximum atomic E-state index is 11.2. The lowest BCUT2D eigenvalue weighted by Crippen LogP contribution is -2.06. The van der Waals surface area contributed by atoms with E-state index < -0.39 is 0 Å². The Kier molecular flexibility index (Phi) is 2.89. The summed E-state index contributed by atoms with van der Waals surface area (Å²) in [6.07, 6.45) is 0.828. The number of rotatable bonds is 2. The summed E-state index contributed by atoms with van der Waals surface area (Å²) in [4.78, 5) is 14.1. The maximum Gasteiger partial charge on any atom is 0.221 e. The molecule has 0 heterocycles. The first kappa shape index (κ1) is 12.3. The summed E-state index contributed by atoms with van der Waals surface area (Å²) in [5, 5.41) is 6.39. The first-order valence-electron chi connectivity index (χ1n) is 6.27. The number of anilines is 1. The molecule has 0 aromatic heterocycles. The van der Waals surface area contributed by atoms with Crippen molar-refractivity contribution < 1.29 is 4.79 Å². The van der Waals surface area contributed by atoms with Crippen molar-refractivity contribution in [1.29, 1.82) is 0 Å². The fourth-order valence-corrected chi connectivity index (χ4v) is 2.59. The highest BCUT2D eigenvalue weighted by Crippen LogP contribution is 2.41. The highest BCUT2D eigenvalue weighted by atomic mass is 16.1. The third-order valence-corrected chi connectivity index (χ3v) is 3.37. The Morgan fingerprint density at radius 2 is 2.05 bits per heavy atom. The Balaban J connectivity index is 2.17. The Labute approximate surface area is 115 Å². The minimum atomic E-state index is -0.185. The third-order valence-electron chi connectivity index (χ3n) is 3.37. The second-order valence-corrected chi connectivity index (χ2v) is 4.73. The van der Waals surface area contributed by atoms with Crippen LogP contribution in [-0.2, 0) is 11.2 Å². The number of benzene rings is 2. The molecule has 1 aliphatic rings. The lowest BCUT2D eigenvalue weighted by atomic mass is 10.0. The number of carbonyl (C=O) groups is 1. The summed E-state index contributed by atoms with van der Waals surface area (Å²) in [6, 6.07) is 11.9. The minimum absolute atomic E-state index is 0.185. The lowest BCUT2D eigenvalue weighted by Gasteiger charge is -2.09. The molecule has 2 aromatic rings. The van der Waals surface area contributed by atoms with E-state index in [0.29, 0.717) is 11.4 Å². The van der Waals surface area contributed by atoms with Gasteiger partial charge < -0.3 is 5.32 Å². The number of amides is 1. The molecule has 98 valence electrons. The highest BCUT2D eigenvalue weighted by molar-refractivity contribution is 5.94. The van der Waals surface area contributed by atoms with Crippen molar-refractivity contribution in [3.63, 3.8) is 0 Å². The first-order valence-corrected chi connectivity index (χ1v) is 6.27.